The summed E-state index contributed by atoms with van der Waals surface area (Å²) in [6.07, 6.45) is 6.11. The number of para-hydroxylation sites is 1. The monoisotopic (exact) mass is 537 g/mol. The molecule has 0 radical (unpaired) electrons. The number of hydrogen-bond donors (Lipinski definition) is 1. The minimum atomic E-state index is -1.00. The molecular weight excluding hydrogens is 506 g/mol. The minimum absolute atomic E-state index is 0.193. The van der Waals surface area contributed by atoms with Gasteiger partial charge < -0.3 is 14.6 Å². The molecule has 40 heavy (non-hydrogen) atoms. The van der Waals surface area contributed by atoms with Crippen molar-refractivity contribution in [2.24, 2.45) is 15.2 Å². The van der Waals surface area contributed by atoms with E-state index in [1.54, 1.807) is 18.2 Å². The third kappa shape index (κ3) is 5.19. The molecular formula is C31H31N5O4. The average molecular weight is 538 g/mol. The number of aliphatic imine (C=N–C) groups is 1. The number of amidine groups is 1. The van der Waals surface area contributed by atoms with Crippen LogP contribution in [0.3, 0.4) is 0 Å². The number of carbonyl (C=O) groups is 1. The van der Waals surface area contributed by atoms with Crippen molar-refractivity contribution in [2.75, 3.05) is 13.3 Å². The van der Waals surface area contributed by atoms with Crippen molar-refractivity contribution in [1.82, 2.24) is 9.55 Å². The second kappa shape index (κ2) is 11.3. The zero-order chi connectivity index (χ0) is 27.5. The second-order valence-electron chi connectivity index (χ2n) is 10.0. The first-order chi connectivity index (χ1) is 19.6. The standard InChI is InChI=1S/C31H31N5O4/c1-2-39-31-34-27-10-6-9-25(30(37)38)28(27)36(31)18-20-11-13-21(14-12-20)26-17-23(40-22-7-4-3-5-8-22)15-16-24(26)29-32-19-33-35-29/h6,9-17,22H,2-5,7-8,18-19H2,1H3,(H,37,38). The fraction of sp³-hybridized carbons (Fsp3) is 0.323. The van der Waals surface area contributed by atoms with Gasteiger partial charge in [0.2, 0.25) is 0 Å². The molecule has 1 aromatic heterocycles. The quantitative estimate of drug-likeness (QED) is 0.254. The summed E-state index contributed by atoms with van der Waals surface area (Å²) in [7, 11) is 0. The molecule has 3 aromatic carbocycles. The number of rotatable bonds is 9. The Hall–Kier alpha value is -4.53. The number of ether oxygens (including phenoxy) is 2. The summed E-state index contributed by atoms with van der Waals surface area (Å²) in [6, 6.07) is 19.8. The molecule has 6 rings (SSSR count). The summed E-state index contributed by atoms with van der Waals surface area (Å²) >= 11 is 0. The van der Waals surface area contributed by atoms with E-state index in [9.17, 15) is 9.90 Å². The summed E-state index contributed by atoms with van der Waals surface area (Å²) in [5, 5.41) is 18.1. The van der Waals surface area contributed by atoms with E-state index < -0.39 is 5.97 Å². The van der Waals surface area contributed by atoms with Gasteiger partial charge in [0.15, 0.2) is 12.5 Å². The highest BCUT2D eigenvalue weighted by molar-refractivity contribution is 6.05. The zero-order valence-electron chi connectivity index (χ0n) is 22.4. The van der Waals surface area contributed by atoms with Gasteiger partial charge in [0.05, 0.1) is 35.9 Å². The van der Waals surface area contributed by atoms with E-state index in [0.29, 0.717) is 42.7 Å². The Kier molecular flexibility index (Phi) is 7.27. The first-order valence-electron chi connectivity index (χ1n) is 13.8. The maximum absolute atomic E-state index is 12.0. The molecule has 1 aliphatic carbocycles. The van der Waals surface area contributed by atoms with Crippen LogP contribution in [-0.2, 0) is 6.54 Å². The molecule has 0 saturated heterocycles. The zero-order valence-corrected chi connectivity index (χ0v) is 22.4. The Morgan fingerprint density at radius 2 is 1.85 bits per heavy atom. The summed E-state index contributed by atoms with van der Waals surface area (Å²) in [6.45, 7) is 3.06. The van der Waals surface area contributed by atoms with Gasteiger partial charge in [-0.15, -0.1) is 5.11 Å². The van der Waals surface area contributed by atoms with Crippen LogP contribution >= 0.6 is 0 Å². The number of azo groups is 1. The highest BCUT2D eigenvalue weighted by Gasteiger charge is 2.20. The largest absolute Gasteiger partial charge is 0.490 e. The first kappa shape index (κ1) is 25.7. The van der Waals surface area contributed by atoms with Gasteiger partial charge in [0.25, 0.3) is 6.01 Å². The summed E-state index contributed by atoms with van der Waals surface area (Å²) in [4.78, 5) is 21.0. The highest BCUT2D eigenvalue weighted by Crippen LogP contribution is 2.33. The Labute approximate surface area is 232 Å². The number of carboxylic acids is 1. The van der Waals surface area contributed by atoms with Gasteiger partial charge in [0.1, 0.15) is 5.75 Å². The van der Waals surface area contributed by atoms with Crippen LogP contribution in [0, 0.1) is 0 Å². The summed E-state index contributed by atoms with van der Waals surface area (Å²) in [5.41, 5.74) is 5.21. The maximum Gasteiger partial charge on any atom is 0.337 e. The smallest absolute Gasteiger partial charge is 0.337 e. The SMILES string of the molecule is CCOc1nc2cccc(C(=O)O)c2n1Cc1ccc(-c2cc(OC3CCCCC3)ccc2C2=NCN=N2)cc1. The predicted molar refractivity (Wildman–Crippen MR) is 153 cm³/mol. The Morgan fingerprint density at radius 3 is 2.58 bits per heavy atom. The molecule has 9 heteroatoms. The molecule has 9 nitrogen and oxygen atoms in total. The minimum Gasteiger partial charge on any atom is -0.490 e. The lowest BCUT2D eigenvalue weighted by molar-refractivity contribution is 0.0698. The van der Waals surface area contributed by atoms with Gasteiger partial charge in [-0.25, -0.2) is 9.79 Å². The van der Waals surface area contributed by atoms with Gasteiger partial charge in [0, 0.05) is 5.56 Å². The van der Waals surface area contributed by atoms with Crippen LogP contribution in [0.25, 0.3) is 22.2 Å². The molecule has 2 heterocycles. The molecule has 0 spiro atoms. The normalized spacial score (nSPS) is 15.4. The third-order valence-corrected chi connectivity index (χ3v) is 7.38. The molecule has 1 N–H and O–H groups in total. The lowest BCUT2D eigenvalue weighted by Crippen LogP contribution is -2.19. The fourth-order valence-corrected chi connectivity index (χ4v) is 5.47. The molecule has 2 aliphatic rings. The molecule has 204 valence electrons. The van der Waals surface area contributed by atoms with Gasteiger partial charge >= 0.3 is 5.97 Å². The van der Waals surface area contributed by atoms with Crippen LogP contribution in [0.15, 0.2) is 75.9 Å². The molecule has 0 amide bonds. The Balaban J connectivity index is 1.34. The molecule has 0 unspecified atom stereocenters. The van der Waals surface area contributed by atoms with Crippen molar-refractivity contribution in [3.63, 3.8) is 0 Å². The number of hydrogen-bond acceptors (Lipinski definition) is 7. The van der Waals surface area contributed by atoms with Crippen molar-refractivity contribution >= 4 is 22.8 Å². The molecule has 1 saturated carbocycles. The van der Waals surface area contributed by atoms with Crippen molar-refractivity contribution in [3.8, 4) is 22.9 Å². The van der Waals surface area contributed by atoms with E-state index in [2.05, 4.69) is 38.4 Å². The van der Waals surface area contributed by atoms with Gasteiger partial charge in [-0.3, -0.25) is 4.57 Å². The molecule has 4 aromatic rings. The van der Waals surface area contributed by atoms with Crippen molar-refractivity contribution in [3.05, 3.63) is 77.4 Å². The summed E-state index contributed by atoms with van der Waals surface area (Å²) in [5.74, 6) is 0.466. The lowest BCUT2D eigenvalue weighted by Gasteiger charge is -2.23. The van der Waals surface area contributed by atoms with Crippen LogP contribution in [0.1, 0.15) is 60.5 Å². The molecule has 1 aliphatic heterocycles. The number of imidazole rings is 1. The van der Waals surface area contributed by atoms with E-state index in [1.807, 2.05) is 35.8 Å². The van der Waals surface area contributed by atoms with Gasteiger partial charge in [-0.05, 0) is 79.6 Å². The van der Waals surface area contributed by atoms with E-state index >= 15 is 0 Å². The van der Waals surface area contributed by atoms with Crippen molar-refractivity contribution < 1.29 is 19.4 Å². The van der Waals surface area contributed by atoms with Crippen LogP contribution in [0.2, 0.25) is 0 Å². The van der Waals surface area contributed by atoms with E-state index in [0.717, 1.165) is 40.8 Å². The van der Waals surface area contributed by atoms with E-state index in [-0.39, 0.29) is 11.7 Å². The number of nitrogens with zero attached hydrogens (tertiary/aromatic N) is 5. The van der Waals surface area contributed by atoms with Crippen molar-refractivity contribution in [2.45, 2.75) is 51.7 Å². The highest BCUT2D eigenvalue weighted by atomic mass is 16.5. The first-order valence-corrected chi connectivity index (χ1v) is 13.8. The molecule has 0 atom stereocenters. The number of aromatic carboxylic acids is 1. The number of carboxylic acid groups (broad SMARTS) is 1. The number of fused-ring (bicyclic) bond motifs is 1. The molecule has 1 fully saturated rings. The van der Waals surface area contributed by atoms with Crippen LogP contribution in [0.5, 0.6) is 11.8 Å². The maximum atomic E-state index is 12.0. The Bertz CT molecular complexity index is 1600. The second-order valence-corrected chi connectivity index (χ2v) is 10.0. The van der Waals surface area contributed by atoms with Gasteiger partial charge in [-0.1, -0.05) is 36.8 Å². The predicted octanol–water partition coefficient (Wildman–Crippen LogP) is 6.73. The fourth-order valence-electron chi connectivity index (χ4n) is 5.47. The number of benzene rings is 3. The van der Waals surface area contributed by atoms with Crippen molar-refractivity contribution in [1.29, 1.82) is 0 Å². The average Bonchev–Trinajstić information content (AvgIpc) is 3.63. The molecule has 0 bridgehead atoms. The van der Waals surface area contributed by atoms with Gasteiger partial charge in [-0.2, -0.15) is 10.1 Å². The topological polar surface area (TPSA) is 111 Å². The Morgan fingerprint density at radius 1 is 1.02 bits per heavy atom. The van der Waals surface area contributed by atoms with Crippen LogP contribution in [0.4, 0.5) is 0 Å². The summed E-state index contributed by atoms with van der Waals surface area (Å²) < 4.78 is 14.0. The lowest BCUT2D eigenvalue weighted by atomic mass is 9.96. The van der Waals surface area contributed by atoms with E-state index in [1.165, 1.54) is 19.3 Å². The third-order valence-electron chi connectivity index (χ3n) is 7.38. The number of aromatic nitrogens is 2. The van der Waals surface area contributed by atoms with E-state index in [4.69, 9.17) is 9.47 Å². The van der Waals surface area contributed by atoms with Crippen LogP contribution in [-0.4, -0.2) is 45.8 Å². The van der Waals surface area contributed by atoms with Crippen LogP contribution < -0.4 is 9.47 Å².